The van der Waals surface area contributed by atoms with Crippen LogP contribution in [0.1, 0.15) is 17.5 Å². The molecule has 0 aromatic heterocycles. The molecule has 0 aliphatic heterocycles. The van der Waals surface area contributed by atoms with Gasteiger partial charge in [0.15, 0.2) is 23.0 Å². The van der Waals surface area contributed by atoms with Crippen LogP contribution in [0, 0.1) is 0 Å². The van der Waals surface area contributed by atoms with Crippen molar-refractivity contribution in [3.8, 4) is 28.7 Å². The van der Waals surface area contributed by atoms with E-state index in [9.17, 15) is 4.79 Å². The lowest BCUT2D eigenvalue weighted by molar-refractivity contribution is -0.120. The van der Waals surface area contributed by atoms with Crippen LogP contribution in [0.2, 0.25) is 0 Å². The van der Waals surface area contributed by atoms with E-state index in [-0.39, 0.29) is 5.78 Å². The van der Waals surface area contributed by atoms with Crippen LogP contribution < -0.4 is 29.4 Å². The van der Waals surface area contributed by atoms with E-state index in [1.54, 1.807) is 41.6 Å². The van der Waals surface area contributed by atoms with E-state index in [4.69, 9.17) is 29.4 Å². The Bertz CT molecular complexity index is 811. The molecule has 0 fully saturated rings. The minimum atomic E-state index is -0.602. The summed E-state index contributed by atoms with van der Waals surface area (Å²) in [5, 5.41) is 0. The third-order valence-electron chi connectivity index (χ3n) is 4.70. The fourth-order valence-corrected chi connectivity index (χ4v) is 3.11. The Hall–Kier alpha value is -2.93. The highest BCUT2D eigenvalue weighted by molar-refractivity contribution is 5.84. The first-order chi connectivity index (χ1) is 14.0. The van der Waals surface area contributed by atoms with Crippen molar-refractivity contribution in [1.29, 1.82) is 0 Å². The zero-order chi connectivity index (χ0) is 21.4. The van der Waals surface area contributed by atoms with Crippen molar-refractivity contribution in [3.05, 3.63) is 41.5 Å². The number of methoxy groups -OCH3 is 5. The number of hydrogen-bond donors (Lipinski definition) is 1. The third-order valence-corrected chi connectivity index (χ3v) is 4.70. The molecule has 2 rings (SSSR count). The number of carbonyl (C=O) groups excluding carboxylic acids is 1. The summed E-state index contributed by atoms with van der Waals surface area (Å²) in [5.74, 6) is 2.87. The molecule has 2 aromatic rings. The van der Waals surface area contributed by atoms with Gasteiger partial charge in [0, 0.05) is 6.42 Å². The van der Waals surface area contributed by atoms with Crippen molar-refractivity contribution in [2.75, 3.05) is 35.5 Å². The van der Waals surface area contributed by atoms with Gasteiger partial charge in [0.2, 0.25) is 5.75 Å². The van der Waals surface area contributed by atoms with Crippen LogP contribution in [0.25, 0.3) is 0 Å². The number of ether oxygens (including phenoxy) is 5. The predicted octanol–water partition coefficient (Wildman–Crippen LogP) is 2.80. The lowest BCUT2D eigenvalue weighted by Gasteiger charge is -2.15. The summed E-state index contributed by atoms with van der Waals surface area (Å²) in [5.41, 5.74) is 7.96. The first-order valence-corrected chi connectivity index (χ1v) is 9.25. The summed E-state index contributed by atoms with van der Waals surface area (Å²) in [4.78, 5) is 12.6. The Morgan fingerprint density at radius 2 is 1.34 bits per heavy atom. The van der Waals surface area contributed by atoms with Crippen LogP contribution in [0.3, 0.4) is 0 Å². The summed E-state index contributed by atoms with van der Waals surface area (Å²) in [6.45, 7) is 0. The second-order valence-electron chi connectivity index (χ2n) is 6.50. The highest BCUT2D eigenvalue weighted by Gasteiger charge is 2.18. The number of hydrogen-bond acceptors (Lipinski definition) is 7. The summed E-state index contributed by atoms with van der Waals surface area (Å²) in [7, 11) is 7.83. The van der Waals surface area contributed by atoms with Gasteiger partial charge in [-0.15, -0.1) is 0 Å². The fourth-order valence-electron chi connectivity index (χ4n) is 3.11. The van der Waals surface area contributed by atoms with E-state index in [0.717, 1.165) is 11.1 Å². The predicted molar refractivity (Wildman–Crippen MR) is 111 cm³/mol. The van der Waals surface area contributed by atoms with Crippen LogP contribution in [-0.4, -0.2) is 47.4 Å². The molecule has 2 aromatic carbocycles. The summed E-state index contributed by atoms with van der Waals surface area (Å²) in [6.07, 6.45) is 1.26. The number of benzene rings is 2. The Morgan fingerprint density at radius 1 is 0.793 bits per heavy atom. The molecule has 2 N–H and O–H groups in total. The quantitative estimate of drug-likeness (QED) is 0.617. The Labute approximate surface area is 171 Å². The van der Waals surface area contributed by atoms with E-state index in [0.29, 0.717) is 48.0 Å². The van der Waals surface area contributed by atoms with Gasteiger partial charge >= 0.3 is 0 Å². The van der Waals surface area contributed by atoms with Crippen molar-refractivity contribution in [2.45, 2.75) is 25.3 Å². The maximum atomic E-state index is 12.6. The summed E-state index contributed by atoms with van der Waals surface area (Å²) < 4.78 is 26.6. The molecule has 0 saturated heterocycles. The zero-order valence-electron chi connectivity index (χ0n) is 17.6. The molecule has 0 bridgehead atoms. The molecule has 1 unspecified atom stereocenters. The van der Waals surface area contributed by atoms with Gasteiger partial charge < -0.3 is 29.4 Å². The average Bonchev–Trinajstić information content (AvgIpc) is 2.76. The van der Waals surface area contributed by atoms with Gasteiger partial charge in [-0.2, -0.15) is 0 Å². The molecule has 0 aliphatic carbocycles. The Balaban J connectivity index is 2.03. The molecular weight excluding hydrogens is 374 g/mol. The van der Waals surface area contributed by atoms with Gasteiger partial charge in [0.25, 0.3) is 0 Å². The molecule has 0 saturated carbocycles. The van der Waals surface area contributed by atoms with Gasteiger partial charge in [-0.3, -0.25) is 4.79 Å². The minimum absolute atomic E-state index is 0.0199. The Morgan fingerprint density at radius 3 is 1.86 bits per heavy atom. The van der Waals surface area contributed by atoms with Gasteiger partial charge in [-0.1, -0.05) is 6.07 Å². The number of aryl methyl sites for hydroxylation is 1. The van der Waals surface area contributed by atoms with Crippen LogP contribution >= 0.6 is 0 Å². The van der Waals surface area contributed by atoms with E-state index < -0.39 is 6.04 Å². The van der Waals surface area contributed by atoms with Crippen molar-refractivity contribution in [3.63, 3.8) is 0 Å². The van der Waals surface area contributed by atoms with Crippen molar-refractivity contribution < 1.29 is 28.5 Å². The second kappa shape index (κ2) is 10.6. The van der Waals surface area contributed by atoms with Gasteiger partial charge in [0.05, 0.1) is 41.6 Å². The normalized spacial score (nSPS) is 11.5. The smallest absolute Gasteiger partial charge is 0.203 e. The highest BCUT2D eigenvalue weighted by atomic mass is 16.5. The number of Topliss-reactive ketones (excluding diaryl/α,β-unsaturated/α-hetero) is 1. The van der Waals surface area contributed by atoms with Gasteiger partial charge in [-0.25, -0.2) is 0 Å². The molecule has 0 amide bonds. The highest BCUT2D eigenvalue weighted by Crippen LogP contribution is 2.38. The van der Waals surface area contributed by atoms with Crippen LogP contribution in [-0.2, 0) is 17.6 Å². The van der Waals surface area contributed by atoms with Gasteiger partial charge in [0.1, 0.15) is 5.78 Å². The third kappa shape index (κ3) is 5.54. The maximum Gasteiger partial charge on any atom is 0.203 e. The first-order valence-electron chi connectivity index (χ1n) is 9.25. The number of rotatable bonds is 11. The van der Waals surface area contributed by atoms with Crippen LogP contribution in [0.15, 0.2) is 30.3 Å². The second-order valence-corrected chi connectivity index (χ2v) is 6.50. The standard InChI is InChI=1S/C22H29NO6/c1-25-18-9-7-14(11-19(18)26-2)10-16(23)17(24)8-6-15-12-20(27-3)22(29-5)21(13-15)28-4/h7,9,11-13,16H,6,8,10,23H2,1-5H3. The van der Waals surface area contributed by atoms with Gasteiger partial charge in [-0.05, 0) is 48.2 Å². The average molecular weight is 403 g/mol. The lowest BCUT2D eigenvalue weighted by atomic mass is 9.98. The summed E-state index contributed by atoms with van der Waals surface area (Å²) >= 11 is 0. The number of ketones is 1. The van der Waals surface area contributed by atoms with E-state index in [2.05, 4.69) is 0 Å². The van der Waals surface area contributed by atoms with Crippen molar-refractivity contribution >= 4 is 5.78 Å². The molecule has 1 atom stereocenters. The molecule has 0 radical (unpaired) electrons. The van der Waals surface area contributed by atoms with Crippen molar-refractivity contribution in [1.82, 2.24) is 0 Å². The fraction of sp³-hybridized carbons (Fsp3) is 0.409. The lowest BCUT2D eigenvalue weighted by Crippen LogP contribution is -2.32. The minimum Gasteiger partial charge on any atom is -0.493 e. The molecule has 7 heteroatoms. The maximum absolute atomic E-state index is 12.6. The molecular formula is C22H29NO6. The topological polar surface area (TPSA) is 89.2 Å². The molecule has 7 nitrogen and oxygen atoms in total. The molecule has 158 valence electrons. The van der Waals surface area contributed by atoms with E-state index in [1.807, 2.05) is 24.3 Å². The first kappa shape index (κ1) is 22.4. The van der Waals surface area contributed by atoms with E-state index >= 15 is 0 Å². The van der Waals surface area contributed by atoms with E-state index in [1.165, 1.54) is 0 Å². The van der Waals surface area contributed by atoms with Crippen molar-refractivity contribution in [2.24, 2.45) is 5.73 Å². The largest absolute Gasteiger partial charge is 0.493 e. The SMILES string of the molecule is COc1ccc(CC(N)C(=O)CCc2cc(OC)c(OC)c(OC)c2)cc1OC. The van der Waals surface area contributed by atoms with Crippen LogP contribution in [0.5, 0.6) is 28.7 Å². The number of nitrogens with two attached hydrogens (primary N) is 1. The summed E-state index contributed by atoms with van der Waals surface area (Å²) in [6, 6.07) is 8.61. The monoisotopic (exact) mass is 403 g/mol. The number of carbonyl (C=O) groups is 1. The molecule has 29 heavy (non-hydrogen) atoms. The zero-order valence-corrected chi connectivity index (χ0v) is 17.6. The van der Waals surface area contributed by atoms with Crippen LogP contribution in [0.4, 0.5) is 0 Å². The molecule has 0 aliphatic rings. The molecule has 0 heterocycles. The Kier molecular flexibility index (Phi) is 8.15. The molecule has 0 spiro atoms.